The van der Waals surface area contributed by atoms with Crippen molar-refractivity contribution in [2.24, 2.45) is 0 Å². The van der Waals surface area contributed by atoms with Crippen molar-refractivity contribution in [2.75, 3.05) is 0 Å². The quantitative estimate of drug-likeness (QED) is 0.829. The van der Waals surface area contributed by atoms with Gasteiger partial charge in [0.2, 0.25) is 5.91 Å². The third kappa shape index (κ3) is 4.81. The summed E-state index contributed by atoms with van der Waals surface area (Å²) < 4.78 is 0. The van der Waals surface area contributed by atoms with Gasteiger partial charge in [-0.3, -0.25) is 9.59 Å². The molecule has 124 valence electrons. The number of nitrogens with one attached hydrogen (secondary N) is 2. The van der Waals surface area contributed by atoms with Crippen LogP contribution >= 0.6 is 0 Å². The molecule has 0 radical (unpaired) electrons. The maximum atomic E-state index is 12.6. The molecule has 2 rings (SSSR count). The van der Waals surface area contributed by atoms with E-state index < -0.39 is 0 Å². The molecule has 0 bridgehead atoms. The van der Waals surface area contributed by atoms with Crippen molar-refractivity contribution in [3.05, 3.63) is 77.0 Å². The number of benzene rings is 2. The molecule has 0 aliphatic heterocycles. The zero-order chi connectivity index (χ0) is 17.5. The summed E-state index contributed by atoms with van der Waals surface area (Å²) in [5.74, 6) is -0.595. The lowest BCUT2D eigenvalue weighted by Gasteiger charge is -2.16. The summed E-state index contributed by atoms with van der Waals surface area (Å²) in [5.41, 5.74) is 3.16. The number of aryl methyl sites for hydroxylation is 1. The second kappa shape index (κ2) is 8.11. The second-order valence-electron chi connectivity index (χ2n) is 5.70. The molecule has 1 unspecified atom stereocenters. The highest BCUT2D eigenvalue weighted by molar-refractivity contribution is 6.01. The Balaban J connectivity index is 2.23. The normalized spacial score (nSPS) is 12.4. The fourth-order valence-electron chi connectivity index (χ4n) is 2.35. The maximum Gasteiger partial charge on any atom is 0.268 e. The van der Waals surface area contributed by atoms with Gasteiger partial charge in [0.05, 0.1) is 6.04 Å². The highest BCUT2D eigenvalue weighted by Gasteiger charge is 2.15. The van der Waals surface area contributed by atoms with Crippen LogP contribution in [0.25, 0.3) is 6.08 Å². The summed E-state index contributed by atoms with van der Waals surface area (Å²) in [6, 6.07) is 17.2. The molecule has 2 aromatic carbocycles. The van der Waals surface area contributed by atoms with Crippen LogP contribution in [0.2, 0.25) is 0 Å². The van der Waals surface area contributed by atoms with Crippen LogP contribution in [-0.2, 0) is 9.59 Å². The third-order valence-corrected chi connectivity index (χ3v) is 3.69. The zero-order valence-corrected chi connectivity index (χ0v) is 14.2. The average molecular weight is 322 g/mol. The predicted molar refractivity (Wildman–Crippen MR) is 96.0 cm³/mol. The van der Waals surface area contributed by atoms with Gasteiger partial charge in [0.25, 0.3) is 5.91 Å². The molecular weight excluding hydrogens is 300 g/mol. The van der Waals surface area contributed by atoms with Gasteiger partial charge in [0, 0.05) is 6.92 Å². The Hall–Kier alpha value is -2.88. The highest BCUT2D eigenvalue weighted by atomic mass is 16.2. The number of carbonyl (C=O) groups excluding carboxylic acids is 2. The van der Waals surface area contributed by atoms with Crippen LogP contribution in [0.15, 0.2) is 60.3 Å². The van der Waals surface area contributed by atoms with Gasteiger partial charge in [0.1, 0.15) is 5.70 Å². The Kier molecular flexibility index (Phi) is 5.90. The van der Waals surface area contributed by atoms with E-state index >= 15 is 0 Å². The second-order valence-corrected chi connectivity index (χ2v) is 5.70. The molecule has 4 heteroatoms. The zero-order valence-electron chi connectivity index (χ0n) is 14.2. The van der Waals surface area contributed by atoms with E-state index in [-0.39, 0.29) is 23.6 Å². The van der Waals surface area contributed by atoms with Gasteiger partial charge >= 0.3 is 0 Å². The van der Waals surface area contributed by atoms with Crippen molar-refractivity contribution in [3.63, 3.8) is 0 Å². The van der Waals surface area contributed by atoms with E-state index in [0.29, 0.717) is 0 Å². The smallest absolute Gasteiger partial charge is 0.268 e. The van der Waals surface area contributed by atoms with Gasteiger partial charge in [-0.25, -0.2) is 0 Å². The first kappa shape index (κ1) is 17.5. The summed E-state index contributed by atoms with van der Waals surface area (Å²) in [6.07, 6.45) is 1.70. The molecule has 0 aliphatic carbocycles. The molecular formula is C20H22N2O2. The first-order chi connectivity index (χ1) is 11.5. The minimum atomic E-state index is -0.315. The molecule has 1 atom stereocenters. The van der Waals surface area contributed by atoms with Crippen molar-refractivity contribution in [2.45, 2.75) is 26.8 Å². The average Bonchev–Trinajstić information content (AvgIpc) is 2.56. The van der Waals surface area contributed by atoms with Crippen molar-refractivity contribution in [1.29, 1.82) is 0 Å². The Bertz CT molecular complexity index is 751. The Morgan fingerprint density at radius 1 is 1.00 bits per heavy atom. The van der Waals surface area contributed by atoms with Crippen LogP contribution in [0.1, 0.15) is 36.6 Å². The van der Waals surface area contributed by atoms with Crippen LogP contribution in [0, 0.1) is 6.92 Å². The topological polar surface area (TPSA) is 58.2 Å². The van der Waals surface area contributed by atoms with E-state index in [2.05, 4.69) is 10.6 Å². The standard InChI is InChI=1S/C20H22N2O2/c1-14-9-7-8-12-18(14)13-19(22-16(3)23)20(24)21-15(2)17-10-5-4-6-11-17/h4-13,15H,1-3H3,(H,21,24)(H,22,23)/b19-13-. The van der Waals surface area contributed by atoms with E-state index in [4.69, 9.17) is 0 Å². The van der Waals surface area contributed by atoms with Gasteiger partial charge in [-0.1, -0.05) is 54.6 Å². The molecule has 0 saturated heterocycles. The Morgan fingerprint density at radius 3 is 2.25 bits per heavy atom. The third-order valence-electron chi connectivity index (χ3n) is 3.69. The number of carbonyl (C=O) groups is 2. The summed E-state index contributed by atoms with van der Waals surface area (Å²) >= 11 is 0. The van der Waals surface area contributed by atoms with Crippen molar-refractivity contribution in [1.82, 2.24) is 10.6 Å². The summed E-state index contributed by atoms with van der Waals surface area (Å²) in [6.45, 7) is 5.26. The fourth-order valence-corrected chi connectivity index (χ4v) is 2.35. The summed E-state index contributed by atoms with van der Waals surface area (Å²) in [4.78, 5) is 24.0. The first-order valence-corrected chi connectivity index (χ1v) is 7.88. The summed E-state index contributed by atoms with van der Waals surface area (Å²) in [7, 11) is 0. The van der Waals surface area contributed by atoms with Crippen LogP contribution < -0.4 is 10.6 Å². The van der Waals surface area contributed by atoms with Crippen molar-refractivity contribution >= 4 is 17.9 Å². The lowest BCUT2D eigenvalue weighted by atomic mass is 10.1. The van der Waals surface area contributed by atoms with Gasteiger partial charge < -0.3 is 10.6 Å². The first-order valence-electron chi connectivity index (χ1n) is 7.88. The minimum absolute atomic E-state index is 0.160. The lowest BCUT2D eigenvalue weighted by molar-refractivity contribution is -0.122. The van der Waals surface area contributed by atoms with Crippen LogP contribution in [0.3, 0.4) is 0 Å². The van der Waals surface area contributed by atoms with Crippen LogP contribution in [-0.4, -0.2) is 11.8 Å². The van der Waals surface area contributed by atoms with Gasteiger partial charge in [0.15, 0.2) is 0 Å². The Labute approximate surface area is 142 Å². The van der Waals surface area contributed by atoms with E-state index in [9.17, 15) is 9.59 Å². The fraction of sp³-hybridized carbons (Fsp3) is 0.200. The molecule has 0 saturated carbocycles. The Morgan fingerprint density at radius 2 is 1.62 bits per heavy atom. The molecule has 0 fully saturated rings. The van der Waals surface area contributed by atoms with E-state index in [1.165, 1.54) is 6.92 Å². The summed E-state index contributed by atoms with van der Waals surface area (Å²) in [5, 5.41) is 5.54. The van der Waals surface area contributed by atoms with E-state index in [0.717, 1.165) is 16.7 Å². The van der Waals surface area contributed by atoms with E-state index in [1.54, 1.807) is 6.08 Å². The van der Waals surface area contributed by atoms with Crippen molar-refractivity contribution in [3.8, 4) is 0 Å². The highest BCUT2D eigenvalue weighted by Crippen LogP contribution is 2.14. The van der Waals surface area contributed by atoms with Crippen LogP contribution in [0.5, 0.6) is 0 Å². The molecule has 2 aromatic rings. The molecule has 0 aliphatic rings. The van der Waals surface area contributed by atoms with Crippen molar-refractivity contribution < 1.29 is 9.59 Å². The number of hydrogen-bond donors (Lipinski definition) is 2. The van der Waals surface area contributed by atoms with Gasteiger partial charge in [-0.05, 0) is 36.6 Å². The monoisotopic (exact) mass is 322 g/mol. The number of amides is 2. The number of rotatable bonds is 5. The predicted octanol–water partition coefficient (Wildman–Crippen LogP) is 3.35. The molecule has 2 amide bonds. The molecule has 4 nitrogen and oxygen atoms in total. The molecule has 0 spiro atoms. The van der Waals surface area contributed by atoms with Gasteiger partial charge in [-0.15, -0.1) is 0 Å². The largest absolute Gasteiger partial charge is 0.344 e. The molecule has 0 aromatic heterocycles. The molecule has 24 heavy (non-hydrogen) atoms. The van der Waals surface area contributed by atoms with Crippen LogP contribution in [0.4, 0.5) is 0 Å². The van der Waals surface area contributed by atoms with E-state index in [1.807, 2.05) is 68.4 Å². The maximum absolute atomic E-state index is 12.6. The number of hydrogen-bond acceptors (Lipinski definition) is 2. The molecule has 2 N–H and O–H groups in total. The minimum Gasteiger partial charge on any atom is -0.344 e. The molecule has 0 heterocycles. The SMILES string of the molecule is CC(=O)N/C(=C\c1ccccc1C)C(=O)NC(C)c1ccccc1. The van der Waals surface area contributed by atoms with Gasteiger partial charge in [-0.2, -0.15) is 0 Å². The lowest BCUT2D eigenvalue weighted by Crippen LogP contribution is -2.35.